The van der Waals surface area contributed by atoms with Gasteiger partial charge in [-0.15, -0.1) is 0 Å². The van der Waals surface area contributed by atoms with Gasteiger partial charge in [0.25, 0.3) is 0 Å². The topological polar surface area (TPSA) is 78.9 Å². The third-order valence-electron chi connectivity index (χ3n) is 8.61. The first-order chi connectivity index (χ1) is 22.0. The first-order valence-corrected chi connectivity index (χ1v) is 19.5. The zero-order valence-electron chi connectivity index (χ0n) is 30.2. The molecule has 0 aliphatic carbocycles. The van der Waals surface area contributed by atoms with Crippen LogP contribution in [0.15, 0.2) is 0 Å². The molecule has 0 heterocycles. The van der Waals surface area contributed by atoms with E-state index in [1.807, 2.05) is 0 Å². The number of esters is 3. The summed E-state index contributed by atoms with van der Waals surface area (Å²) in [6.45, 7) is 6.53. The third-order valence-corrected chi connectivity index (χ3v) is 8.61. The highest BCUT2D eigenvalue weighted by Crippen LogP contribution is 2.14. The van der Waals surface area contributed by atoms with Gasteiger partial charge in [-0.3, -0.25) is 14.4 Å². The molecule has 0 aliphatic heterocycles. The fourth-order valence-corrected chi connectivity index (χ4v) is 5.62. The molecular weight excluding hydrogens is 564 g/mol. The summed E-state index contributed by atoms with van der Waals surface area (Å²) in [5.41, 5.74) is 0. The van der Waals surface area contributed by atoms with Gasteiger partial charge in [-0.05, 0) is 19.3 Å². The van der Waals surface area contributed by atoms with Crippen molar-refractivity contribution in [2.24, 2.45) is 0 Å². The van der Waals surface area contributed by atoms with E-state index in [1.54, 1.807) is 0 Å². The quantitative estimate of drug-likeness (QED) is 0.0390. The van der Waals surface area contributed by atoms with Crippen LogP contribution in [0.25, 0.3) is 0 Å². The van der Waals surface area contributed by atoms with Gasteiger partial charge in [0.05, 0.1) is 0 Å². The van der Waals surface area contributed by atoms with Crippen LogP contribution in [0.1, 0.15) is 213 Å². The summed E-state index contributed by atoms with van der Waals surface area (Å²) >= 11 is 0. The lowest BCUT2D eigenvalue weighted by molar-refractivity contribution is -0.167. The standard InChI is InChI=1S/C39H74O6/c1-4-7-10-13-15-17-19-20-22-24-27-29-32-38(41)44-35-36(45-39(42)33-30-25-12-9-6-3)34-43-37(40)31-28-26-23-21-18-16-14-11-8-5-2/h36H,4-35H2,1-3H3/t36-/m1/s1. The maximum Gasteiger partial charge on any atom is 0.306 e. The van der Waals surface area contributed by atoms with Crippen LogP contribution >= 0.6 is 0 Å². The number of hydrogen-bond acceptors (Lipinski definition) is 6. The van der Waals surface area contributed by atoms with Gasteiger partial charge in [0, 0.05) is 19.3 Å². The van der Waals surface area contributed by atoms with E-state index in [0.717, 1.165) is 64.2 Å². The Morgan fingerprint density at radius 2 is 0.600 bits per heavy atom. The number of rotatable bonds is 35. The molecule has 0 aromatic heterocycles. The van der Waals surface area contributed by atoms with Gasteiger partial charge < -0.3 is 14.2 Å². The van der Waals surface area contributed by atoms with Crippen molar-refractivity contribution in [2.45, 2.75) is 219 Å². The van der Waals surface area contributed by atoms with E-state index >= 15 is 0 Å². The molecule has 0 fully saturated rings. The molecule has 266 valence electrons. The Bertz CT molecular complexity index is 664. The lowest BCUT2D eigenvalue weighted by atomic mass is 10.0. The average molecular weight is 639 g/mol. The third kappa shape index (κ3) is 33.6. The smallest absolute Gasteiger partial charge is 0.306 e. The van der Waals surface area contributed by atoms with E-state index in [0.29, 0.717) is 19.3 Å². The number of ether oxygens (including phenoxy) is 3. The van der Waals surface area contributed by atoms with E-state index < -0.39 is 6.10 Å². The van der Waals surface area contributed by atoms with Crippen molar-refractivity contribution in [3.63, 3.8) is 0 Å². The van der Waals surface area contributed by atoms with Crippen molar-refractivity contribution < 1.29 is 28.6 Å². The molecular formula is C39H74O6. The molecule has 0 unspecified atom stereocenters. The minimum Gasteiger partial charge on any atom is -0.462 e. The van der Waals surface area contributed by atoms with E-state index in [1.165, 1.54) is 109 Å². The minimum atomic E-state index is -0.754. The zero-order valence-corrected chi connectivity index (χ0v) is 30.2. The van der Waals surface area contributed by atoms with Crippen molar-refractivity contribution in [1.82, 2.24) is 0 Å². The SMILES string of the molecule is CCCCCCCCCCCCCCC(=O)OC[C@@H](COC(=O)CCCCCCCCCCCC)OC(=O)CCCCCCC. The summed E-state index contributed by atoms with van der Waals surface area (Å²) in [4.78, 5) is 37.2. The molecule has 1 atom stereocenters. The Morgan fingerprint density at radius 3 is 0.889 bits per heavy atom. The van der Waals surface area contributed by atoms with Crippen molar-refractivity contribution in [2.75, 3.05) is 13.2 Å². The Hall–Kier alpha value is -1.59. The molecule has 0 aromatic rings. The van der Waals surface area contributed by atoms with Crippen LogP contribution in [-0.4, -0.2) is 37.2 Å². The van der Waals surface area contributed by atoms with Gasteiger partial charge in [0.2, 0.25) is 0 Å². The second-order valence-electron chi connectivity index (χ2n) is 13.2. The van der Waals surface area contributed by atoms with E-state index in [-0.39, 0.29) is 31.1 Å². The Labute approximate surface area is 278 Å². The van der Waals surface area contributed by atoms with Gasteiger partial charge in [-0.25, -0.2) is 0 Å². The molecule has 0 saturated heterocycles. The Kier molecular flexibility index (Phi) is 34.0. The lowest BCUT2D eigenvalue weighted by Crippen LogP contribution is -2.30. The predicted octanol–water partition coefficient (Wildman–Crippen LogP) is 11.7. The van der Waals surface area contributed by atoms with Gasteiger partial charge in [0.15, 0.2) is 6.10 Å². The summed E-state index contributed by atoms with van der Waals surface area (Å²) in [6.07, 6.45) is 32.5. The molecule has 0 spiro atoms. The highest BCUT2D eigenvalue weighted by Gasteiger charge is 2.19. The second kappa shape index (κ2) is 35.3. The molecule has 0 bridgehead atoms. The summed E-state index contributed by atoms with van der Waals surface area (Å²) in [5, 5.41) is 0. The molecule has 45 heavy (non-hydrogen) atoms. The van der Waals surface area contributed by atoms with Gasteiger partial charge >= 0.3 is 17.9 Å². The normalized spacial score (nSPS) is 11.8. The van der Waals surface area contributed by atoms with E-state index in [2.05, 4.69) is 20.8 Å². The number of hydrogen-bond donors (Lipinski definition) is 0. The maximum absolute atomic E-state index is 12.4. The molecule has 0 aliphatic rings. The molecule has 0 aromatic carbocycles. The van der Waals surface area contributed by atoms with Gasteiger partial charge in [0.1, 0.15) is 13.2 Å². The van der Waals surface area contributed by atoms with Gasteiger partial charge in [-0.1, -0.05) is 175 Å². The maximum atomic E-state index is 12.4. The molecule has 0 radical (unpaired) electrons. The summed E-state index contributed by atoms with van der Waals surface area (Å²) in [6, 6.07) is 0. The fraction of sp³-hybridized carbons (Fsp3) is 0.923. The van der Waals surface area contributed by atoms with Crippen molar-refractivity contribution in [3.05, 3.63) is 0 Å². The number of carbonyl (C=O) groups is 3. The minimum absolute atomic E-state index is 0.0653. The van der Waals surface area contributed by atoms with E-state index in [4.69, 9.17) is 14.2 Å². The molecule has 0 saturated carbocycles. The van der Waals surface area contributed by atoms with Crippen molar-refractivity contribution >= 4 is 17.9 Å². The van der Waals surface area contributed by atoms with Crippen molar-refractivity contribution in [3.8, 4) is 0 Å². The monoisotopic (exact) mass is 639 g/mol. The van der Waals surface area contributed by atoms with Crippen LogP contribution < -0.4 is 0 Å². The summed E-state index contributed by atoms with van der Waals surface area (Å²) < 4.78 is 16.5. The van der Waals surface area contributed by atoms with Crippen LogP contribution in [0.2, 0.25) is 0 Å². The largest absolute Gasteiger partial charge is 0.462 e. The van der Waals surface area contributed by atoms with Crippen LogP contribution in [0.4, 0.5) is 0 Å². The number of unbranched alkanes of at least 4 members (excludes halogenated alkanes) is 24. The highest BCUT2D eigenvalue weighted by atomic mass is 16.6. The second-order valence-corrected chi connectivity index (χ2v) is 13.2. The van der Waals surface area contributed by atoms with Crippen LogP contribution in [0.5, 0.6) is 0 Å². The van der Waals surface area contributed by atoms with E-state index in [9.17, 15) is 14.4 Å². The molecule has 6 nitrogen and oxygen atoms in total. The predicted molar refractivity (Wildman–Crippen MR) is 187 cm³/mol. The zero-order chi connectivity index (χ0) is 33.1. The summed E-state index contributed by atoms with van der Waals surface area (Å²) in [5.74, 6) is -0.878. The molecule has 0 rings (SSSR count). The van der Waals surface area contributed by atoms with Crippen LogP contribution in [-0.2, 0) is 28.6 Å². The number of carbonyl (C=O) groups excluding carboxylic acids is 3. The lowest BCUT2D eigenvalue weighted by Gasteiger charge is -2.18. The summed E-state index contributed by atoms with van der Waals surface area (Å²) in [7, 11) is 0. The Balaban J connectivity index is 4.21. The van der Waals surface area contributed by atoms with Crippen LogP contribution in [0, 0.1) is 0 Å². The van der Waals surface area contributed by atoms with Crippen LogP contribution in [0.3, 0.4) is 0 Å². The van der Waals surface area contributed by atoms with Crippen molar-refractivity contribution in [1.29, 1.82) is 0 Å². The molecule has 0 N–H and O–H groups in total. The average Bonchev–Trinajstić information content (AvgIpc) is 3.03. The first-order valence-electron chi connectivity index (χ1n) is 19.5. The highest BCUT2D eigenvalue weighted by molar-refractivity contribution is 5.71. The first kappa shape index (κ1) is 43.4. The van der Waals surface area contributed by atoms with Gasteiger partial charge in [-0.2, -0.15) is 0 Å². The molecule has 0 amide bonds. The Morgan fingerprint density at radius 1 is 0.356 bits per heavy atom. The fourth-order valence-electron chi connectivity index (χ4n) is 5.62. The molecule has 6 heteroatoms.